The fourth-order valence-corrected chi connectivity index (χ4v) is 6.05. The average Bonchev–Trinajstić information content (AvgIpc) is 3.49. The highest BCUT2D eigenvalue weighted by atomic mass is 15.6. The molecule has 0 amide bonds. The summed E-state index contributed by atoms with van der Waals surface area (Å²) in [5, 5.41) is 0. The Labute approximate surface area is 164 Å². The Bertz CT molecular complexity index is 1160. The summed E-state index contributed by atoms with van der Waals surface area (Å²) in [7, 11) is 0. The van der Waals surface area contributed by atoms with Crippen LogP contribution in [0.5, 0.6) is 0 Å². The van der Waals surface area contributed by atoms with Crippen LogP contribution in [0.4, 0.5) is 5.69 Å². The summed E-state index contributed by atoms with van der Waals surface area (Å²) in [4.78, 5) is 0. The van der Waals surface area contributed by atoms with Gasteiger partial charge in [-0.15, -0.1) is 4.58 Å². The molecule has 7 rings (SSSR count). The third kappa shape index (κ3) is 1.64. The van der Waals surface area contributed by atoms with Crippen molar-refractivity contribution in [1.29, 1.82) is 0 Å². The van der Waals surface area contributed by atoms with E-state index in [0.717, 1.165) is 6.42 Å². The number of nitrogens with zero attached hydrogens (tertiary/aromatic N) is 4. The molecule has 1 atom stereocenters. The van der Waals surface area contributed by atoms with Crippen molar-refractivity contribution in [2.24, 2.45) is 0 Å². The molecule has 0 saturated heterocycles. The molecule has 138 valence electrons. The molecule has 1 saturated carbocycles. The predicted molar refractivity (Wildman–Crippen MR) is 109 cm³/mol. The third-order valence-electron chi connectivity index (χ3n) is 7.15. The minimum absolute atomic E-state index is 0.343. The molecule has 1 aliphatic carbocycles. The van der Waals surface area contributed by atoms with E-state index in [1.54, 1.807) is 0 Å². The minimum Gasteiger partial charge on any atom is -0.198 e. The lowest BCUT2D eigenvalue weighted by Gasteiger charge is -2.33. The van der Waals surface area contributed by atoms with Gasteiger partial charge < -0.3 is 0 Å². The van der Waals surface area contributed by atoms with E-state index >= 15 is 0 Å². The lowest BCUT2D eigenvalue weighted by atomic mass is 9.94. The van der Waals surface area contributed by atoms with E-state index in [4.69, 9.17) is 0 Å². The van der Waals surface area contributed by atoms with Crippen LogP contribution in [0.25, 0.3) is 0 Å². The largest absolute Gasteiger partial charge is 0.547 e. The van der Waals surface area contributed by atoms with Gasteiger partial charge in [-0.2, -0.15) is 9.13 Å². The van der Waals surface area contributed by atoms with Crippen LogP contribution in [0.1, 0.15) is 54.9 Å². The fourth-order valence-electron chi connectivity index (χ4n) is 6.05. The monoisotopic (exact) mass is 368 g/mol. The Morgan fingerprint density at radius 3 is 2.14 bits per heavy atom. The predicted octanol–water partition coefficient (Wildman–Crippen LogP) is 3.86. The first-order chi connectivity index (χ1) is 13.9. The van der Waals surface area contributed by atoms with Crippen molar-refractivity contribution in [3.05, 3.63) is 77.4 Å². The average molecular weight is 368 g/mol. The summed E-state index contributed by atoms with van der Waals surface area (Å²) in [5.74, 6) is -0.343. The van der Waals surface area contributed by atoms with Gasteiger partial charge in [0.1, 0.15) is 11.4 Å². The highest BCUT2D eigenvalue weighted by Crippen LogP contribution is 2.45. The highest BCUT2D eigenvalue weighted by Gasteiger charge is 2.69. The molecule has 4 aliphatic rings. The molecule has 4 heteroatoms. The molecule has 0 radical (unpaired) electrons. The Morgan fingerprint density at radius 1 is 0.750 bits per heavy atom. The number of benzene rings is 1. The second kappa shape index (κ2) is 5.13. The first-order valence-electron chi connectivity index (χ1n) is 10.6. The van der Waals surface area contributed by atoms with Gasteiger partial charge in [-0.3, -0.25) is 0 Å². The van der Waals surface area contributed by atoms with Crippen molar-refractivity contribution < 1.29 is 9.15 Å². The lowest BCUT2D eigenvalue weighted by Crippen LogP contribution is -2.58. The summed E-state index contributed by atoms with van der Waals surface area (Å²) < 4.78 is 10.4. The summed E-state index contributed by atoms with van der Waals surface area (Å²) in [6, 6.07) is 20.7. The number of para-hydroxylation sites is 1. The fraction of sp³-hybridized carbons (Fsp3) is 0.333. The van der Waals surface area contributed by atoms with Crippen molar-refractivity contribution in [2.45, 2.75) is 50.5 Å². The Kier molecular flexibility index (Phi) is 2.77. The molecule has 5 heterocycles. The molecule has 3 aliphatic heterocycles. The van der Waals surface area contributed by atoms with Crippen LogP contribution in [-0.4, -0.2) is 36.8 Å². The van der Waals surface area contributed by atoms with E-state index in [-0.39, 0.29) is 5.91 Å². The molecule has 0 N–H and O–H groups in total. The summed E-state index contributed by atoms with van der Waals surface area (Å²) in [5.41, 5.74) is 6.72. The normalized spacial score (nSPS) is 24.7. The summed E-state index contributed by atoms with van der Waals surface area (Å²) in [6.45, 7) is 0. The van der Waals surface area contributed by atoms with Crippen LogP contribution >= 0.6 is 0 Å². The van der Waals surface area contributed by atoms with Gasteiger partial charge in [0, 0.05) is 42.8 Å². The van der Waals surface area contributed by atoms with Crippen molar-refractivity contribution in [3.8, 4) is 0 Å². The number of hydrogen-bond donors (Lipinski definition) is 0. The topological polar surface area (TPSA) is 15.9 Å². The summed E-state index contributed by atoms with van der Waals surface area (Å²) in [6.07, 6.45) is 12.4. The van der Waals surface area contributed by atoms with Gasteiger partial charge in [-0.05, 0) is 37.1 Å². The second-order valence-electron chi connectivity index (χ2n) is 8.61. The van der Waals surface area contributed by atoms with Crippen LogP contribution in [0, 0.1) is 0 Å². The molecule has 0 unspecified atom stereocenters. The molecule has 2 aromatic heterocycles. The van der Waals surface area contributed by atoms with Crippen LogP contribution in [-0.2, 0) is 12.3 Å². The van der Waals surface area contributed by atoms with Crippen LogP contribution in [0.15, 0.2) is 54.6 Å². The van der Waals surface area contributed by atoms with Gasteiger partial charge >= 0.3 is 5.91 Å². The molecule has 3 aromatic rings. The van der Waals surface area contributed by atoms with Crippen LogP contribution in [0.3, 0.4) is 0 Å². The van der Waals surface area contributed by atoms with Crippen molar-refractivity contribution in [2.75, 3.05) is 0 Å². The Balaban J connectivity index is 1.56. The maximum Gasteiger partial charge on any atom is 0.547 e. The lowest BCUT2D eigenvalue weighted by molar-refractivity contribution is -0.846. The van der Waals surface area contributed by atoms with E-state index in [9.17, 15) is 0 Å². The molecule has 1 spiro atoms. The maximum absolute atomic E-state index is 2.69. The van der Waals surface area contributed by atoms with Crippen LogP contribution < -0.4 is 0 Å². The van der Waals surface area contributed by atoms with Gasteiger partial charge in [-0.1, -0.05) is 29.2 Å². The SMILES string of the molecule is C1=[N+](c2ccccc2)[C@@]23n4c1ccc4Cc1ccc(n12)C=[N+]3C1CCCCC1. The van der Waals surface area contributed by atoms with Crippen molar-refractivity contribution in [3.63, 3.8) is 0 Å². The number of aromatic nitrogens is 2. The number of rotatable bonds is 2. The smallest absolute Gasteiger partial charge is 0.198 e. The first kappa shape index (κ1) is 15.1. The van der Waals surface area contributed by atoms with Gasteiger partial charge in [-0.25, -0.2) is 0 Å². The van der Waals surface area contributed by atoms with Gasteiger partial charge in [0.15, 0.2) is 12.3 Å². The second-order valence-corrected chi connectivity index (χ2v) is 8.61. The van der Waals surface area contributed by atoms with Gasteiger partial charge in [0.25, 0.3) is 0 Å². The van der Waals surface area contributed by atoms with E-state index in [1.165, 1.54) is 60.6 Å². The van der Waals surface area contributed by atoms with Crippen molar-refractivity contribution in [1.82, 2.24) is 9.13 Å². The Morgan fingerprint density at radius 2 is 1.43 bits per heavy atom. The molecular weight excluding hydrogens is 344 g/mol. The molecule has 4 nitrogen and oxygen atoms in total. The van der Waals surface area contributed by atoms with Crippen LogP contribution in [0.2, 0.25) is 0 Å². The van der Waals surface area contributed by atoms with E-state index in [2.05, 4.69) is 85.3 Å². The molecule has 28 heavy (non-hydrogen) atoms. The first-order valence-corrected chi connectivity index (χ1v) is 10.6. The molecule has 1 aromatic carbocycles. The van der Waals surface area contributed by atoms with E-state index in [1.807, 2.05) is 0 Å². The summed E-state index contributed by atoms with van der Waals surface area (Å²) >= 11 is 0. The maximum atomic E-state index is 2.69. The standard InChI is InChI=1S/C24H24N4/c1-3-7-18(8-4-1)25-16-22-13-11-20-15-21-12-14-23-17-26(19-9-5-2-6-10-19)24(25,27(20)22)28(21)23/h1,3-4,7-8,11-14,16-17,19H,2,5-6,9-10,15H2/q+2/t24-/m1/s1. The zero-order chi connectivity index (χ0) is 18.3. The molecular formula is C24H24N4+2. The van der Waals surface area contributed by atoms with E-state index in [0.29, 0.717) is 6.04 Å². The highest BCUT2D eigenvalue weighted by molar-refractivity contribution is 5.80. The molecule has 1 fully saturated rings. The molecule has 0 bridgehead atoms. The van der Waals surface area contributed by atoms with Crippen molar-refractivity contribution >= 4 is 18.1 Å². The quantitative estimate of drug-likeness (QED) is 0.611. The van der Waals surface area contributed by atoms with E-state index < -0.39 is 0 Å². The number of hydrogen-bond acceptors (Lipinski definition) is 0. The minimum atomic E-state index is -0.343. The van der Waals surface area contributed by atoms with Gasteiger partial charge in [0.05, 0.1) is 0 Å². The van der Waals surface area contributed by atoms with Gasteiger partial charge in [0.2, 0.25) is 11.9 Å². The third-order valence-corrected chi connectivity index (χ3v) is 7.15. The zero-order valence-corrected chi connectivity index (χ0v) is 16.0. The Hall–Kier alpha value is -2.88. The zero-order valence-electron chi connectivity index (χ0n) is 16.0.